The standard InChI is InChI=1S/C15H23ClN4O/c1-10-14-15(19(3)18-10)20(13(17-14)4-7-16)11(2)12-5-8-21-9-6-12/h11-12H,4-9H2,1-3H3. The second-order valence-electron chi connectivity index (χ2n) is 5.91. The van der Waals surface area contributed by atoms with Gasteiger partial charge in [-0.25, -0.2) is 4.98 Å². The third-order valence-corrected chi connectivity index (χ3v) is 4.77. The van der Waals surface area contributed by atoms with Gasteiger partial charge in [-0.2, -0.15) is 5.10 Å². The summed E-state index contributed by atoms with van der Waals surface area (Å²) < 4.78 is 9.80. The molecule has 0 N–H and O–H groups in total. The van der Waals surface area contributed by atoms with Crippen molar-refractivity contribution in [1.82, 2.24) is 19.3 Å². The zero-order chi connectivity index (χ0) is 15.0. The van der Waals surface area contributed by atoms with Gasteiger partial charge in [0, 0.05) is 38.6 Å². The van der Waals surface area contributed by atoms with Crippen LogP contribution in [-0.2, 0) is 18.2 Å². The third-order valence-electron chi connectivity index (χ3n) is 4.58. The van der Waals surface area contributed by atoms with Crippen molar-refractivity contribution in [2.75, 3.05) is 19.1 Å². The van der Waals surface area contributed by atoms with Crippen molar-refractivity contribution in [2.24, 2.45) is 13.0 Å². The number of alkyl halides is 1. The number of halogens is 1. The molecule has 0 radical (unpaired) electrons. The first-order valence-electron chi connectivity index (χ1n) is 7.67. The molecule has 1 unspecified atom stereocenters. The van der Waals surface area contributed by atoms with Crippen LogP contribution in [0.15, 0.2) is 0 Å². The van der Waals surface area contributed by atoms with E-state index in [0.29, 0.717) is 17.8 Å². The van der Waals surface area contributed by atoms with Gasteiger partial charge in [0.25, 0.3) is 0 Å². The monoisotopic (exact) mass is 310 g/mol. The lowest BCUT2D eigenvalue weighted by molar-refractivity contribution is 0.0514. The van der Waals surface area contributed by atoms with Gasteiger partial charge in [0.2, 0.25) is 0 Å². The van der Waals surface area contributed by atoms with Crippen molar-refractivity contribution in [1.29, 1.82) is 0 Å². The maximum absolute atomic E-state index is 5.98. The fourth-order valence-corrected chi connectivity index (χ4v) is 3.61. The molecule has 1 atom stereocenters. The van der Waals surface area contributed by atoms with Gasteiger partial charge >= 0.3 is 0 Å². The van der Waals surface area contributed by atoms with Crippen molar-refractivity contribution >= 4 is 22.8 Å². The van der Waals surface area contributed by atoms with Crippen molar-refractivity contribution < 1.29 is 4.74 Å². The molecule has 2 aromatic rings. The quantitative estimate of drug-likeness (QED) is 0.816. The van der Waals surface area contributed by atoms with Gasteiger partial charge in [0.05, 0.1) is 5.69 Å². The lowest BCUT2D eigenvalue weighted by Gasteiger charge is -2.30. The van der Waals surface area contributed by atoms with Gasteiger partial charge < -0.3 is 9.30 Å². The molecule has 21 heavy (non-hydrogen) atoms. The van der Waals surface area contributed by atoms with E-state index in [-0.39, 0.29) is 0 Å². The van der Waals surface area contributed by atoms with E-state index in [0.717, 1.165) is 55.2 Å². The molecule has 0 bridgehead atoms. The molecule has 3 rings (SSSR count). The molecular weight excluding hydrogens is 288 g/mol. The van der Waals surface area contributed by atoms with Crippen molar-refractivity contribution in [3.05, 3.63) is 11.5 Å². The largest absolute Gasteiger partial charge is 0.381 e. The number of imidazole rings is 1. The molecule has 3 heterocycles. The average molecular weight is 311 g/mol. The fraction of sp³-hybridized carbons (Fsp3) is 0.733. The van der Waals surface area contributed by atoms with E-state index in [9.17, 15) is 0 Å². The average Bonchev–Trinajstić information content (AvgIpc) is 2.98. The number of nitrogens with zero attached hydrogens (tertiary/aromatic N) is 4. The van der Waals surface area contributed by atoms with Gasteiger partial charge in [-0.1, -0.05) is 0 Å². The Balaban J connectivity index is 2.07. The highest BCUT2D eigenvalue weighted by atomic mass is 35.5. The second-order valence-corrected chi connectivity index (χ2v) is 6.29. The van der Waals surface area contributed by atoms with E-state index in [1.165, 1.54) is 0 Å². The van der Waals surface area contributed by atoms with Crippen LogP contribution < -0.4 is 0 Å². The molecule has 116 valence electrons. The number of hydrogen-bond donors (Lipinski definition) is 0. The first-order chi connectivity index (χ1) is 10.1. The minimum atomic E-state index is 0.395. The van der Waals surface area contributed by atoms with Gasteiger partial charge in [0.1, 0.15) is 11.3 Å². The van der Waals surface area contributed by atoms with E-state index in [2.05, 4.69) is 16.6 Å². The first kappa shape index (κ1) is 14.9. The second kappa shape index (κ2) is 5.97. The molecule has 0 spiro atoms. The molecule has 1 aliphatic heterocycles. The molecule has 1 saturated heterocycles. The summed E-state index contributed by atoms with van der Waals surface area (Å²) in [6, 6.07) is 0.395. The lowest BCUT2D eigenvalue weighted by atomic mass is 9.92. The maximum Gasteiger partial charge on any atom is 0.158 e. The Morgan fingerprint density at radius 2 is 2.10 bits per heavy atom. The zero-order valence-electron chi connectivity index (χ0n) is 13.0. The summed E-state index contributed by atoms with van der Waals surface area (Å²) in [6.45, 7) is 6.03. The molecule has 0 amide bonds. The molecule has 0 aliphatic carbocycles. The molecule has 6 heteroatoms. The number of fused-ring (bicyclic) bond motifs is 1. The predicted octanol–water partition coefficient (Wildman–Crippen LogP) is 2.85. The zero-order valence-corrected chi connectivity index (χ0v) is 13.7. The van der Waals surface area contributed by atoms with Crippen LogP contribution in [-0.4, -0.2) is 38.4 Å². The Morgan fingerprint density at radius 1 is 1.38 bits per heavy atom. The van der Waals surface area contributed by atoms with Crippen molar-refractivity contribution in [2.45, 2.75) is 39.2 Å². The summed E-state index contributed by atoms with van der Waals surface area (Å²) in [5, 5.41) is 4.52. The highest BCUT2D eigenvalue weighted by molar-refractivity contribution is 6.17. The van der Waals surface area contributed by atoms with E-state index >= 15 is 0 Å². The van der Waals surface area contributed by atoms with Crippen LogP contribution in [0.1, 0.15) is 37.3 Å². The molecule has 1 fully saturated rings. The number of aromatic nitrogens is 4. The van der Waals surface area contributed by atoms with Gasteiger partial charge in [0.15, 0.2) is 5.65 Å². The van der Waals surface area contributed by atoms with Gasteiger partial charge in [-0.05, 0) is 32.6 Å². The fourth-order valence-electron chi connectivity index (χ4n) is 3.44. The van der Waals surface area contributed by atoms with Crippen LogP contribution in [0.4, 0.5) is 0 Å². The normalized spacial score (nSPS) is 18.5. The molecule has 0 saturated carbocycles. The van der Waals surface area contributed by atoms with Crippen LogP contribution in [0, 0.1) is 12.8 Å². The minimum Gasteiger partial charge on any atom is -0.381 e. The highest BCUT2D eigenvalue weighted by Gasteiger charge is 2.27. The summed E-state index contributed by atoms with van der Waals surface area (Å²) in [5.74, 6) is 2.30. The van der Waals surface area contributed by atoms with E-state index in [1.807, 2.05) is 18.7 Å². The predicted molar refractivity (Wildman–Crippen MR) is 83.9 cm³/mol. The van der Waals surface area contributed by atoms with Crippen LogP contribution in [0.3, 0.4) is 0 Å². The minimum absolute atomic E-state index is 0.395. The van der Waals surface area contributed by atoms with Crippen molar-refractivity contribution in [3.8, 4) is 0 Å². The summed E-state index contributed by atoms with van der Waals surface area (Å²) in [6.07, 6.45) is 3.01. The highest BCUT2D eigenvalue weighted by Crippen LogP contribution is 2.32. The Labute approximate surface area is 130 Å². The van der Waals surface area contributed by atoms with Crippen LogP contribution >= 0.6 is 11.6 Å². The van der Waals surface area contributed by atoms with E-state index in [1.54, 1.807) is 0 Å². The number of rotatable bonds is 4. The molecule has 1 aliphatic rings. The number of hydrogen-bond acceptors (Lipinski definition) is 3. The number of aryl methyl sites for hydroxylation is 3. The summed E-state index contributed by atoms with van der Waals surface area (Å²) in [7, 11) is 1.99. The lowest BCUT2D eigenvalue weighted by Crippen LogP contribution is -2.26. The van der Waals surface area contributed by atoms with E-state index in [4.69, 9.17) is 21.3 Å². The Kier molecular flexibility index (Phi) is 4.22. The summed E-state index contributed by atoms with van der Waals surface area (Å²) in [4.78, 5) is 4.80. The molecule has 5 nitrogen and oxygen atoms in total. The summed E-state index contributed by atoms with van der Waals surface area (Å²) in [5.41, 5.74) is 3.12. The van der Waals surface area contributed by atoms with Gasteiger partial charge in [-0.3, -0.25) is 4.68 Å². The number of ether oxygens (including phenoxy) is 1. The van der Waals surface area contributed by atoms with Crippen LogP contribution in [0.25, 0.3) is 11.2 Å². The van der Waals surface area contributed by atoms with Crippen LogP contribution in [0.5, 0.6) is 0 Å². The van der Waals surface area contributed by atoms with Crippen molar-refractivity contribution in [3.63, 3.8) is 0 Å². The van der Waals surface area contributed by atoms with E-state index < -0.39 is 0 Å². The summed E-state index contributed by atoms with van der Waals surface area (Å²) >= 11 is 5.98. The van der Waals surface area contributed by atoms with Crippen LogP contribution in [0.2, 0.25) is 0 Å². The SMILES string of the molecule is Cc1nn(C)c2c1nc(CCCl)n2C(C)C1CCOCC1. The molecule has 2 aromatic heterocycles. The molecular formula is C15H23ClN4O. The maximum atomic E-state index is 5.98. The Bertz CT molecular complexity index is 627. The Morgan fingerprint density at radius 3 is 2.76 bits per heavy atom. The Hall–Kier alpha value is -1.07. The smallest absolute Gasteiger partial charge is 0.158 e. The third kappa shape index (κ3) is 2.57. The molecule has 0 aromatic carbocycles. The van der Waals surface area contributed by atoms with Gasteiger partial charge in [-0.15, -0.1) is 11.6 Å². The first-order valence-corrected chi connectivity index (χ1v) is 8.21. The topological polar surface area (TPSA) is 44.9 Å².